The molecule has 1 aromatic carbocycles. The van der Waals surface area contributed by atoms with Gasteiger partial charge in [0.05, 0.1) is 21.0 Å². The van der Waals surface area contributed by atoms with Crippen LogP contribution in [0, 0.1) is 10.1 Å². The molecule has 3 rings (SSSR count). The van der Waals surface area contributed by atoms with E-state index in [4.69, 9.17) is 0 Å². The van der Waals surface area contributed by atoms with E-state index in [1.54, 1.807) is 23.6 Å². The molecule has 0 aliphatic carbocycles. The number of nitrogens with one attached hydrogen (secondary N) is 2. The van der Waals surface area contributed by atoms with Crippen molar-refractivity contribution in [3.8, 4) is 0 Å². The third-order valence-corrected chi connectivity index (χ3v) is 4.13. The first kappa shape index (κ1) is 13.5. The first-order valence-electron chi connectivity index (χ1n) is 6.41. The summed E-state index contributed by atoms with van der Waals surface area (Å²) in [7, 11) is 0. The number of aromatic nitrogens is 3. The topological polar surface area (TPSA) is 96.7 Å². The van der Waals surface area contributed by atoms with Crippen molar-refractivity contribution < 1.29 is 4.92 Å². The van der Waals surface area contributed by atoms with Gasteiger partial charge in [-0.15, -0.1) is 11.3 Å². The molecular formula is C13H13N5O2S. The largest absolute Gasteiger partial charge is 0.355 e. The van der Waals surface area contributed by atoms with Gasteiger partial charge in [-0.25, -0.2) is 9.97 Å². The Morgan fingerprint density at radius 3 is 3.10 bits per heavy atom. The van der Waals surface area contributed by atoms with E-state index >= 15 is 0 Å². The molecule has 0 saturated carbocycles. The van der Waals surface area contributed by atoms with E-state index in [0.717, 1.165) is 5.01 Å². The van der Waals surface area contributed by atoms with Crippen LogP contribution in [-0.4, -0.2) is 26.4 Å². The van der Waals surface area contributed by atoms with Gasteiger partial charge in [0.2, 0.25) is 5.95 Å². The molecule has 0 fully saturated rings. The van der Waals surface area contributed by atoms with Crippen LogP contribution in [0.15, 0.2) is 29.8 Å². The highest BCUT2D eigenvalue weighted by molar-refractivity contribution is 7.09. The van der Waals surface area contributed by atoms with Gasteiger partial charge in [0, 0.05) is 36.2 Å². The minimum absolute atomic E-state index is 0.0499. The Kier molecular flexibility index (Phi) is 3.53. The molecule has 2 aromatic heterocycles. The zero-order valence-corrected chi connectivity index (χ0v) is 12.1. The van der Waals surface area contributed by atoms with Crippen LogP contribution in [0.1, 0.15) is 17.8 Å². The number of non-ortho nitro benzene ring substituents is 1. The third-order valence-electron chi connectivity index (χ3n) is 3.12. The number of thiazole rings is 1. The first-order valence-corrected chi connectivity index (χ1v) is 7.29. The predicted molar refractivity (Wildman–Crippen MR) is 81.8 cm³/mol. The minimum atomic E-state index is -0.419. The predicted octanol–water partition coefficient (Wildman–Crippen LogP) is 3.14. The maximum atomic E-state index is 10.7. The van der Waals surface area contributed by atoms with Crippen molar-refractivity contribution in [2.75, 3.05) is 11.9 Å². The number of hydrogen-bond donors (Lipinski definition) is 2. The molecule has 2 heterocycles. The first-order chi connectivity index (χ1) is 10.1. The van der Waals surface area contributed by atoms with Crippen LogP contribution in [0.25, 0.3) is 11.0 Å². The van der Waals surface area contributed by atoms with Gasteiger partial charge in [-0.1, -0.05) is 6.92 Å². The Bertz CT molecular complexity index is 768. The number of nitro benzene ring substituents is 1. The number of nitrogens with zero attached hydrogens (tertiary/aromatic N) is 3. The smallest absolute Gasteiger partial charge is 0.271 e. The average Bonchev–Trinajstić information content (AvgIpc) is 3.12. The van der Waals surface area contributed by atoms with Crippen LogP contribution in [-0.2, 0) is 0 Å². The Morgan fingerprint density at radius 2 is 2.38 bits per heavy atom. The van der Waals surface area contributed by atoms with Gasteiger partial charge in [0.15, 0.2) is 0 Å². The van der Waals surface area contributed by atoms with E-state index in [2.05, 4.69) is 27.2 Å². The molecule has 1 unspecified atom stereocenters. The zero-order valence-electron chi connectivity index (χ0n) is 11.2. The molecule has 0 radical (unpaired) electrons. The Hall–Kier alpha value is -2.48. The second-order valence-electron chi connectivity index (χ2n) is 4.70. The van der Waals surface area contributed by atoms with Crippen LogP contribution in [0.5, 0.6) is 0 Å². The van der Waals surface area contributed by atoms with Crippen molar-refractivity contribution in [1.29, 1.82) is 0 Å². The van der Waals surface area contributed by atoms with Gasteiger partial charge >= 0.3 is 0 Å². The van der Waals surface area contributed by atoms with E-state index < -0.39 is 4.92 Å². The van der Waals surface area contributed by atoms with E-state index in [0.29, 0.717) is 23.5 Å². The van der Waals surface area contributed by atoms with Gasteiger partial charge in [-0.2, -0.15) is 0 Å². The Balaban J connectivity index is 1.74. The Labute approximate surface area is 124 Å². The average molecular weight is 303 g/mol. The molecule has 0 amide bonds. The van der Waals surface area contributed by atoms with Gasteiger partial charge in [-0.3, -0.25) is 10.1 Å². The van der Waals surface area contributed by atoms with E-state index in [9.17, 15) is 10.1 Å². The maximum absolute atomic E-state index is 10.7. The lowest BCUT2D eigenvalue weighted by Gasteiger charge is -2.08. The molecule has 0 aliphatic heterocycles. The summed E-state index contributed by atoms with van der Waals surface area (Å²) < 4.78 is 0. The number of anilines is 1. The number of benzene rings is 1. The number of rotatable bonds is 5. The molecule has 0 bridgehead atoms. The number of fused-ring (bicyclic) bond motifs is 1. The molecule has 1 atom stereocenters. The van der Waals surface area contributed by atoms with Crippen molar-refractivity contribution in [2.24, 2.45) is 0 Å². The number of aromatic amines is 1. The molecule has 8 heteroatoms. The lowest BCUT2D eigenvalue weighted by Crippen LogP contribution is -2.10. The standard InChI is InChI=1S/C13H13N5O2S/c1-8(12-14-4-5-21-12)7-15-13-16-10-3-2-9(18(19)20)6-11(10)17-13/h2-6,8H,7H2,1H3,(H2,15,16,17). The van der Waals surface area contributed by atoms with E-state index in [-0.39, 0.29) is 11.6 Å². The summed E-state index contributed by atoms with van der Waals surface area (Å²) in [6.45, 7) is 2.77. The summed E-state index contributed by atoms with van der Waals surface area (Å²) in [5.41, 5.74) is 1.40. The molecule has 0 spiro atoms. The number of imidazole rings is 1. The molecule has 21 heavy (non-hydrogen) atoms. The maximum Gasteiger partial charge on any atom is 0.271 e. The quantitative estimate of drug-likeness (QED) is 0.557. The lowest BCUT2D eigenvalue weighted by atomic mass is 10.2. The fourth-order valence-corrected chi connectivity index (χ4v) is 2.71. The van der Waals surface area contributed by atoms with Gasteiger partial charge in [0.25, 0.3) is 5.69 Å². The molecule has 7 nitrogen and oxygen atoms in total. The molecule has 108 valence electrons. The van der Waals surface area contributed by atoms with Gasteiger partial charge in [0.1, 0.15) is 0 Å². The second kappa shape index (κ2) is 5.49. The number of nitro groups is 1. The van der Waals surface area contributed by atoms with Crippen molar-refractivity contribution in [1.82, 2.24) is 15.0 Å². The highest BCUT2D eigenvalue weighted by Gasteiger charge is 2.11. The highest BCUT2D eigenvalue weighted by Crippen LogP contribution is 2.22. The monoisotopic (exact) mass is 303 g/mol. The summed E-state index contributed by atoms with van der Waals surface area (Å²) in [4.78, 5) is 22.0. The van der Waals surface area contributed by atoms with Crippen molar-refractivity contribution in [2.45, 2.75) is 12.8 Å². The van der Waals surface area contributed by atoms with E-state index in [1.165, 1.54) is 12.1 Å². The summed E-state index contributed by atoms with van der Waals surface area (Å²) in [6, 6.07) is 4.57. The number of hydrogen-bond acceptors (Lipinski definition) is 6. The van der Waals surface area contributed by atoms with Crippen molar-refractivity contribution in [3.63, 3.8) is 0 Å². The fraction of sp³-hybridized carbons (Fsp3) is 0.231. The van der Waals surface area contributed by atoms with Crippen LogP contribution in [0.2, 0.25) is 0 Å². The van der Waals surface area contributed by atoms with E-state index in [1.807, 2.05) is 5.38 Å². The molecule has 0 saturated heterocycles. The van der Waals surface area contributed by atoms with Crippen LogP contribution >= 0.6 is 11.3 Å². The zero-order chi connectivity index (χ0) is 14.8. The van der Waals surface area contributed by atoms with Crippen molar-refractivity contribution in [3.05, 3.63) is 44.9 Å². The van der Waals surface area contributed by atoms with Gasteiger partial charge in [-0.05, 0) is 6.07 Å². The lowest BCUT2D eigenvalue weighted by molar-refractivity contribution is -0.384. The summed E-state index contributed by atoms with van der Waals surface area (Å²) in [6.07, 6.45) is 1.79. The third kappa shape index (κ3) is 2.84. The highest BCUT2D eigenvalue weighted by atomic mass is 32.1. The SMILES string of the molecule is CC(CNc1nc2ccc([N+](=O)[O-])cc2[nH]1)c1nccs1. The van der Waals surface area contributed by atoms with Crippen LogP contribution in [0.4, 0.5) is 11.6 Å². The van der Waals surface area contributed by atoms with Crippen LogP contribution in [0.3, 0.4) is 0 Å². The van der Waals surface area contributed by atoms with Crippen LogP contribution < -0.4 is 5.32 Å². The van der Waals surface area contributed by atoms with Crippen molar-refractivity contribution >= 4 is 34.0 Å². The minimum Gasteiger partial charge on any atom is -0.355 e. The summed E-state index contributed by atoms with van der Waals surface area (Å²) in [5, 5.41) is 17.0. The fourth-order valence-electron chi connectivity index (χ4n) is 2.01. The Morgan fingerprint density at radius 1 is 1.52 bits per heavy atom. The molecular weight excluding hydrogens is 290 g/mol. The normalized spacial score (nSPS) is 12.4. The molecule has 0 aliphatic rings. The summed E-state index contributed by atoms with van der Waals surface area (Å²) in [5.74, 6) is 0.876. The molecule has 3 aromatic rings. The second-order valence-corrected chi connectivity index (χ2v) is 5.62. The van der Waals surface area contributed by atoms with Gasteiger partial charge < -0.3 is 10.3 Å². The number of H-pyrrole nitrogens is 1. The summed E-state index contributed by atoms with van der Waals surface area (Å²) >= 11 is 1.62. The molecule has 2 N–H and O–H groups in total.